The van der Waals surface area contributed by atoms with Crippen LogP contribution < -0.4 is 10.2 Å². The van der Waals surface area contributed by atoms with Crippen molar-refractivity contribution in [1.82, 2.24) is 5.43 Å². The van der Waals surface area contributed by atoms with E-state index in [0.717, 1.165) is 19.7 Å². The topological polar surface area (TPSA) is 70.9 Å². The summed E-state index contributed by atoms with van der Waals surface area (Å²) in [6.07, 6.45) is 1.24. The zero-order valence-corrected chi connectivity index (χ0v) is 18.7. The molecule has 0 saturated heterocycles. The SMILES string of the molecule is O=C(COc1ccc2cc(Br)ccc2c1Br)NN=Cc1cc(Cl)cc(Cl)c1O. The van der Waals surface area contributed by atoms with Gasteiger partial charge in [-0.2, -0.15) is 5.10 Å². The van der Waals surface area contributed by atoms with Crippen molar-refractivity contribution in [3.05, 3.63) is 67.0 Å². The van der Waals surface area contributed by atoms with Gasteiger partial charge in [0.1, 0.15) is 11.5 Å². The number of rotatable bonds is 5. The summed E-state index contributed by atoms with van der Waals surface area (Å²) in [5.41, 5.74) is 2.60. The van der Waals surface area contributed by atoms with E-state index in [1.54, 1.807) is 6.07 Å². The predicted octanol–water partition coefficient (Wildman–Crippen LogP) is 5.91. The minimum atomic E-state index is -0.466. The van der Waals surface area contributed by atoms with Crippen LogP contribution in [0.15, 0.2) is 56.5 Å². The Balaban J connectivity index is 1.63. The Morgan fingerprint density at radius 3 is 2.75 bits per heavy atom. The molecule has 0 heterocycles. The fourth-order valence-corrected chi connectivity index (χ4v) is 3.88. The van der Waals surface area contributed by atoms with Gasteiger partial charge in [-0.1, -0.05) is 51.3 Å². The molecule has 0 fully saturated rings. The highest BCUT2D eigenvalue weighted by Crippen LogP contribution is 2.34. The third kappa shape index (κ3) is 4.97. The number of ether oxygens (including phenoxy) is 1. The van der Waals surface area contributed by atoms with Gasteiger partial charge >= 0.3 is 0 Å². The summed E-state index contributed by atoms with van der Waals surface area (Å²) in [4.78, 5) is 12.0. The summed E-state index contributed by atoms with van der Waals surface area (Å²) in [6, 6.07) is 12.4. The molecule has 28 heavy (non-hydrogen) atoms. The molecule has 3 aromatic carbocycles. The maximum atomic E-state index is 12.0. The van der Waals surface area contributed by atoms with Crippen LogP contribution in [0.4, 0.5) is 0 Å². The molecule has 5 nitrogen and oxygen atoms in total. The lowest BCUT2D eigenvalue weighted by atomic mass is 10.1. The molecule has 0 aromatic heterocycles. The molecule has 9 heteroatoms. The first kappa shape index (κ1) is 20.9. The van der Waals surface area contributed by atoms with Crippen molar-refractivity contribution in [2.45, 2.75) is 0 Å². The number of benzene rings is 3. The lowest BCUT2D eigenvalue weighted by Crippen LogP contribution is -2.24. The lowest BCUT2D eigenvalue weighted by Gasteiger charge is -2.10. The molecule has 3 aromatic rings. The summed E-state index contributed by atoms with van der Waals surface area (Å²) < 4.78 is 7.30. The molecular formula is C19H12Br2Cl2N2O3. The molecule has 0 atom stereocenters. The highest BCUT2D eigenvalue weighted by molar-refractivity contribution is 9.11. The number of hydrazone groups is 1. The first-order chi connectivity index (χ1) is 13.3. The van der Waals surface area contributed by atoms with E-state index in [4.69, 9.17) is 27.9 Å². The van der Waals surface area contributed by atoms with Gasteiger partial charge in [0.25, 0.3) is 5.91 Å². The highest BCUT2D eigenvalue weighted by atomic mass is 79.9. The fourth-order valence-electron chi connectivity index (χ4n) is 2.39. The number of aromatic hydroxyl groups is 1. The molecule has 3 rings (SSSR count). The van der Waals surface area contributed by atoms with Crippen LogP contribution >= 0.6 is 55.1 Å². The van der Waals surface area contributed by atoms with E-state index in [-0.39, 0.29) is 22.9 Å². The van der Waals surface area contributed by atoms with Gasteiger partial charge < -0.3 is 9.84 Å². The number of carbonyl (C=O) groups is 1. The molecule has 1 amide bonds. The second-order valence-corrected chi connectivity index (χ2v) is 8.20. The van der Waals surface area contributed by atoms with E-state index in [1.807, 2.05) is 24.3 Å². The van der Waals surface area contributed by atoms with Gasteiger partial charge in [0.2, 0.25) is 0 Å². The molecular weight excluding hydrogens is 535 g/mol. The average Bonchev–Trinajstić information content (AvgIpc) is 2.65. The quantitative estimate of drug-likeness (QED) is 0.309. The zero-order chi connectivity index (χ0) is 20.3. The standard InChI is InChI=1S/C19H12Br2Cl2N2O3/c20-12-2-3-14-10(5-12)1-4-16(18(14)21)28-9-17(26)25-24-8-11-6-13(22)7-15(23)19(11)27/h1-8,27H,9H2,(H,25,26). The van der Waals surface area contributed by atoms with E-state index in [0.29, 0.717) is 10.8 Å². The van der Waals surface area contributed by atoms with Crippen molar-refractivity contribution >= 4 is 78.0 Å². The number of hydrogen-bond donors (Lipinski definition) is 2. The molecule has 0 aliphatic rings. The minimum Gasteiger partial charge on any atom is -0.506 e. The normalized spacial score (nSPS) is 11.1. The van der Waals surface area contributed by atoms with E-state index < -0.39 is 5.91 Å². The van der Waals surface area contributed by atoms with Gasteiger partial charge in [0, 0.05) is 15.1 Å². The van der Waals surface area contributed by atoms with Crippen molar-refractivity contribution < 1.29 is 14.6 Å². The lowest BCUT2D eigenvalue weighted by molar-refractivity contribution is -0.123. The third-order valence-electron chi connectivity index (χ3n) is 3.69. The summed E-state index contributed by atoms with van der Waals surface area (Å²) >= 11 is 18.6. The number of hydrogen-bond acceptors (Lipinski definition) is 4. The molecule has 2 N–H and O–H groups in total. The molecule has 0 bridgehead atoms. The number of phenols is 1. The Labute approximate surface area is 187 Å². The number of halogens is 4. The van der Waals surface area contributed by atoms with Gasteiger partial charge in [0.15, 0.2) is 6.61 Å². The maximum Gasteiger partial charge on any atom is 0.277 e. The first-order valence-corrected chi connectivity index (χ1v) is 10.2. The summed E-state index contributed by atoms with van der Waals surface area (Å²) in [5, 5.41) is 16.1. The number of amides is 1. The van der Waals surface area contributed by atoms with Crippen LogP contribution in [0.5, 0.6) is 11.5 Å². The molecule has 0 radical (unpaired) electrons. The van der Waals surface area contributed by atoms with E-state index in [1.165, 1.54) is 18.3 Å². The van der Waals surface area contributed by atoms with Crippen molar-refractivity contribution in [2.75, 3.05) is 6.61 Å². The van der Waals surface area contributed by atoms with Crippen LogP contribution in [-0.4, -0.2) is 23.8 Å². The molecule has 0 spiro atoms. The van der Waals surface area contributed by atoms with Gasteiger partial charge in [-0.15, -0.1) is 0 Å². The molecule has 0 unspecified atom stereocenters. The fraction of sp³-hybridized carbons (Fsp3) is 0.0526. The molecule has 0 saturated carbocycles. The number of carbonyl (C=O) groups excluding carboxylic acids is 1. The molecule has 0 aliphatic carbocycles. The predicted molar refractivity (Wildman–Crippen MR) is 119 cm³/mol. The minimum absolute atomic E-state index is 0.0943. The highest BCUT2D eigenvalue weighted by Gasteiger charge is 2.09. The summed E-state index contributed by atoms with van der Waals surface area (Å²) in [7, 11) is 0. The van der Waals surface area contributed by atoms with Gasteiger partial charge in [-0.05, 0) is 57.0 Å². The van der Waals surface area contributed by atoms with Crippen LogP contribution in [0, 0.1) is 0 Å². The van der Waals surface area contributed by atoms with Crippen LogP contribution in [0.1, 0.15) is 5.56 Å². The van der Waals surface area contributed by atoms with Gasteiger partial charge in [-0.25, -0.2) is 5.43 Å². The Kier molecular flexibility index (Phi) is 6.82. The van der Waals surface area contributed by atoms with Crippen LogP contribution in [0.25, 0.3) is 10.8 Å². The maximum absolute atomic E-state index is 12.0. The van der Waals surface area contributed by atoms with Crippen LogP contribution in [0.2, 0.25) is 10.0 Å². The number of nitrogens with one attached hydrogen (secondary N) is 1. The number of phenolic OH excluding ortho intramolecular Hbond substituents is 1. The largest absolute Gasteiger partial charge is 0.506 e. The third-order valence-corrected chi connectivity index (χ3v) is 5.51. The number of nitrogens with zero attached hydrogens (tertiary/aromatic N) is 1. The second kappa shape index (κ2) is 9.13. The Hall–Kier alpha value is -1.80. The Morgan fingerprint density at radius 1 is 1.18 bits per heavy atom. The molecule has 144 valence electrons. The Morgan fingerprint density at radius 2 is 1.96 bits per heavy atom. The second-order valence-electron chi connectivity index (χ2n) is 5.65. The monoisotopic (exact) mass is 544 g/mol. The first-order valence-electron chi connectivity index (χ1n) is 7.85. The van der Waals surface area contributed by atoms with Gasteiger partial charge in [-0.3, -0.25) is 4.79 Å². The summed E-state index contributed by atoms with van der Waals surface area (Å²) in [5.74, 6) is -0.105. The van der Waals surface area contributed by atoms with Crippen molar-refractivity contribution in [3.63, 3.8) is 0 Å². The van der Waals surface area contributed by atoms with E-state index >= 15 is 0 Å². The van der Waals surface area contributed by atoms with Crippen molar-refractivity contribution in [1.29, 1.82) is 0 Å². The van der Waals surface area contributed by atoms with Crippen molar-refractivity contribution in [3.8, 4) is 11.5 Å². The van der Waals surface area contributed by atoms with Gasteiger partial charge in [0.05, 0.1) is 15.7 Å². The average molecular weight is 547 g/mol. The molecule has 0 aliphatic heterocycles. The zero-order valence-electron chi connectivity index (χ0n) is 14.0. The smallest absolute Gasteiger partial charge is 0.277 e. The van der Waals surface area contributed by atoms with Crippen LogP contribution in [-0.2, 0) is 4.79 Å². The van der Waals surface area contributed by atoms with E-state index in [9.17, 15) is 9.90 Å². The Bertz CT molecular complexity index is 1090. The van der Waals surface area contributed by atoms with E-state index in [2.05, 4.69) is 42.4 Å². The number of fused-ring (bicyclic) bond motifs is 1. The van der Waals surface area contributed by atoms with Crippen LogP contribution in [0.3, 0.4) is 0 Å². The van der Waals surface area contributed by atoms with Crippen molar-refractivity contribution in [2.24, 2.45) is 5.10 Å². The summed E-state index contributed by atoms with van der Waals surface area (Å²) in [6.45, 7) is -0.236.